The number of alkyl halides is 2. The van der Waals surface area contributed by atoms with Gasteiger partial charge in [0, 0.05) is 23.4 Å². The first-order chi connectivity index (χ1) is 18.2. The molecule has 1 N–H and O–H groups in total. The number of ether oxygens (including phenoxy) is 1. The van der Waals surface area contributed by atoms with Crippen LogP contribution in [0.25, 0.3) is 22.6 Å². The van der Waals surface area contributed by atoms with Crippen LogP contribution in [-0.2, 0) is 5.66 Å². The molecule has 3 heterocycles. The average molecular weight is 536 g/mol. The van der Waals surface area contributed by atoms with Crippen LogP contribution >= 0.6 is 9.24 Å². The molecule has 0 saturated carbocycles. The molecule has 1 atom stereocenters. The molecular formula is C29H32F2N5OP. The number of halogens is 2. The summed E-state index contributed by atoms with van der Waals surface area (Å²) in [6.07, 6.45) is 5.42. The molecule has 0 radical (unpaired) electrons. The molecule has 0 aliphatic carbocycles. The molecule has 38 heavy (non-hydrogen) atoms. The van der Waals surface area contributed by atoms with Gasteiger partial charge >= 0.3 is 6.01 Å². The molecule has 9 heteroatoms. The summed E-state index contributed by atoms with van der Waals surface area (Å²) >= 11 is 0. The fraction of sp³-hybridized carbons (Fsp3) is 0.345. The fourth-order valence-corrected chi connectivity index (χ4v) is 4.94. The van der Waals surface area contributed by atoms with Crippen LogP contribution in [0.1, 0.15) is 55.3 Å². The maximum absolute atomic E-state index is 13.8. The van der Waals surface area contributed by atoms with E-state index in [0.717, 1.165) is 48.5 Å². The molecule has 6 nitrogen and oxygen atoms in total. The minimum Gasteiger partial charge on any atom is -0.424 e. The van der Waals surface area contributed by atoms with Gasteiger partial charge in [-0.05, 0) is 62.0 Å². The molecule has 4 aromatic rings. The Morgan fingerprint density at radius 1 is 1.05 bits per heavy atom. The number of benzene rings is 2. The van der Waals surface area contributed by atoms with Gasteiger partial charge in [-0.1, -0.05) is 59.5 Å². The monoisotopic (exact) mass is 535 g/mol. The highest BCUT2D eigenvalue weighted by molar-refractivity contribution is 7.17. The Balaban J connectivity index is 1.56. The van der Waals surface area contributed by atoms with E-state index in [9.17, 15) is 8.78 Å². The number of nitrogens with zero attached hydrogens (tertiary/aromatic N) is 4. The fourth-order valence-electron chi connectivity index (χ4n) is 4.74. The van der Waals surface area contributed by atoms with E-state index in [4.69, 9.17) is 14.7 Å². The molecule has 1 aliphatic heterocycles. The number of nitrogens with one attached hydrogen (secondary N) is 1. The predicted molar refractivity (Wildman–Crippen MR) is 149 cm³/mol. The van der Waals surface area contributed by atoms with Gasteiger partial charge in [0.2, 0.25) is 0 Å². The van der Waals surface area contributed by atoms with E-state index in [2.05, 4.69) is 34.8 Å². The maximum atomic E-state index is 13.8. The van der Waals surface area contributed by atoms with Gasteiger partial charge in [0.05, 0.1) is 23.4 Å². The van der Waals surface area contributed by atoms with Crippen molar-refractivity contribution >= 4 is 9.24 Å². The topological polar surface area (TPSA) is 64.9 Å². The van der Waals surface area contributed by atoms with E-state index >= 15 is 0 Å². The first kappa shape index (κ1) is 26.4. The van der Waals surface area contributed by atoms with Crippen molar-refractivity contribution in [2.75, 3.05) is 13.1 Å². The van der Waals surface area contributed by atoms with E-state index in [0.29, 0.717) is 17.3 Å². The zero-order valence-electron chi connectivity index (χ0n) is 21.8. The van der Waals surface area contributed by atoms with Gasteiger partial charge in [0.25, 0.3) is 5.66 Å². The quantitative estimate of drug-likeness (QED) is 0.256. The Morgan fingerprint density at radius 2 is 1.79 bits per heavy atom. The van der Waals surface area contributed by atoms with Crippen molar-refractivity contribution < 1.29 is 13.5 Å². The summed E-state index contributed by atoms with van der Waals surface area (Å²) in [5.74, 6) is 1.08. The number of imidazole rings is 1. The second-order valence-corrected chi connectivity index (χ2v) is 10.8. The van der Waals surface area contributed by atoms with Gasteiger partial charge < -0.3 is 14.6 Å². The van der Waals surface area contributed by atoms with Gasteiger partial charge in [-0.3, -0.25) is 0 Å². The van der Waals surface area contributed by atoms with Crippen LogP contribution in [0.4, 0.5) is 8.78 Å². The van der Waals surface area contributed by atoms with Crippen molar-refractivity contribution in [2.45, 2.75) is 51.2 Å². The minimum absolute atomic E-state index is 0.0673. The van der Waals surface area contributed by atoms with Crippen molar-refractivity contribution in [1.82, 2.24) is 24.8 Å². The van der Waals surface area contributed by atoms with Crippen LogP contribution in [0.2, 0.25) is 0 Å². The second kappa shape index (κ2) is 10.9. The summed E-state index contributed by atoms with van der Waals surface area (Å²) in [6.45, 7) is 8.11. The molecule has 1 aliphatic rings. The molecule has 0 amide bonds. The zero-order chi connectivity index (χ0) is 26.9. The summed E-state index contributed by atoms with van der Waals surface area (Å²) in [6, 6.07) is 14.8. The second-order valence-electron chi connectivity index (χ2n) is 10.0. The molecule has 0 spiro atoms. The lowest BCUT2D eigenvalue weighted by atomic mass is 10.0. The van der Waals surface area contributed by atoms with Crippen LogP contribution in [0.3, 0.4) is 0 Å². The highest BCUT2D eigenvalue weighted by Gasteiger charge is 2.26. The van der Waals surface area contributed by atoms with Crippen molar-refractivity contribution in [3.05, 3.63) is 77.7 Å². The van der Waals surface area contributed by atoms with Gasteiger partial charge in [0.15, 0.2) is 0 Å². The Labute approximate surface area is 224 Å². The maximum Gasteiger partial charge on any atom is 0.322 e. The summed E-state index contributed by atoms with van der Waals surface area (Å²) in [5, 5.41) is 3.40. The molecule has 0 bridgehead atoms. The summed E-state index contributed by atoms with van der Waals surface area (Å²) < 4.78 is 35.9. The van der Waals surface area contributed by atoms with E-state index in [1.54, 1.807) is 27.6 Å². The van der Waals surface area contributed by atoms with Crippen LogP contribution in [0.5, 0.6) is 11.8 Å². The Kier molecular flexibility index (Phi) is 7.55. The molecule has 198 valence electrons. The van der Waals surface area contributed by atoms with Crippen LogP contribution in [-0.4, -0.2) is 32.6 Å². The van der Waals surface area contributed by atoms with Crippen LogP contribution in [0, 0.1) is 6.92 Å². The zero-order valence-corrected chi connectivity index (χ0v) is 22.9. The highest BCUT2D eigenvalue weighted by atomic mass is 31.0. The third-order valence-electron chi connectivity index (χ3n) is 7.00. The third kappa shape index (κ3) is 5.62. The SMILES string of the molecule is Cc1ccc(C(C)C)cc1Oc1nccc(-c2c(-c3ccc(C(F)(F)P)cc3)ncn2C2CCNCC2)n1. The lowest BCUT2D eigenvalue weighted by Gasteiger charge is -2.25. The van der Waals surface area contributed by atoms with E-state index in [-0.39, 0.29) is 17.6 Å². The largest absolute Gasteiger partial charge is 0.424 e. The van der Waals surface area contributed by atoms with Gasteiger partial charge in [-0.25, -0.2) is 9.97 Å². The normalized spacial score (nSPS) is 14.7. The minimum atomic E-state index is -2.99. The number of hydrogen-bond donors (Lipinski definition) is 1. The molecule has 5 rings (SSSR count). The number of piperidine rings is 1. The highest BCUT2D eigenvalue weighted by Crippen LogP contribution is 2.38. The standard InChI is InChI=1S/C29H32F2N5OP/c1-18(2)21-5-4-19(3)25(16-21)37-28-33-15-12-24(35-28)27-26(20-6-8-22(9-7-20)29(30,31)38)34-17-36(27)23-10-13-32-14-11-23/h4-9,12,15-18,23,32H,10-11,13-14,38H2,1-3H3. The molecule has 1 unspecified atom stereocenters. The van der Waals surface area contributed by atoms with Gasteiger partial charge in [-0.15, -0.1) is 0 Å². The molecule has 1 fully saturated rings. The number of aryl methyl sites for hydroxylation is 1. The molecule has 2 aromatic heterocycles. The van der Waals surface area contributed by atoms with E-state index in [1.165, 1.54) is 17.7 Å². The van der Waals surface area contributed by atoms with Crippen molar-refractivity contribution in [3.8, 4) is 34.4 Å². The smallest absolute Gasteiger partial charge is 0.322 e. The third-order valence-corrected chi connectivity index (χ3v) is 7.33. The molecular weight excluding hydrogens is 503 g/mol. The van der Waals surface area contributed by atoms with Crippen molar-refractivity contribution in [2.24, 2.45) is 0 Å². The first-order valence-electron chi connectivity index (χ1n) is 12.9. The van der Waals surface area contributed by atoms with Gasteiger partial charge in [0.1, 0.15) is 5.75 Å². The van der Waals surface area contributed by atoms with Crippen LogP contribution < -0.4 is 10.1 Å². The number of rotatable bonds is 7. The summed E-state index contributed by atoms with van der Waals surface area (Å²) in [4.78, 5) is 13.9. The predicted octanol–water partition coefficient (Wildman–Crippen LogP) is 7.08. The van der Waals surface area contributed by atoms with E-state index in [1.807, 2.05) is 31.5 Å². The van der Waals surface area contributed by atoms with Crippen molar-refractivity contribution in [3.63, 3.8) is 0 Å². The van der Waals surface area contributed by atoms with E-state index < -0.39 is 5.66 Å². The first-order valence-corrected chi connectivity index (χ1v) is 13.5. The van der Waals surface area contributed by atoms with Gasteiger partial charge in [-0.2, -0.15) is 13.8 Å². The lowest BCUT2D eigenvalue weighted by Crippen LogP contribution is -2.29. The Morgan fingerprint density at radius 3 is 2.47 bits per heavy atom. The average Bonchev–Trinajstić information content (AvgIpc) is 3.35. The number of aromatic nitrogens is 4. The Hall–Kier alpha value is -3.22. The number of hydrogen-bond acceptors (Lipinski definition) is 5. The molecule has 1 saturated heterocycles. The summed E-state index contributed by atoms with van der Waals surface area (Å²) in [5.41, 5.74) is 2.03. The molecule has 2 aromatic carbocycles. The van der Waals surface area contributed by atoms with Crippen LogP contribution in [0.15, 0.2) is 61.1 Å². The lowest BCUT2D eigenvalue weighted by molar-refractivity contribution is 0.104. The summed E-state index contributed by atoms with van der Waals surface area (Å²) in [7, 11) is 1.58. The Bertz CT molecular complexity index is 1410. The van der Waals surface area contributed by atoms with Crippen molar-refractivity contribution in [1.29, 1.82) is 0 Å².